The molecule has 0 saturated heterocycles. The van der Waals surface area contributed by atoms with Crippen LogP contribution >= 0.6 is 12.2 Å². The molecule has 0 radical (unpaired) electrons. The molecule has 2 N–H and O–H groups in total. The number of amides is 1. The predicted molar refractivity (Wildman–Crippen MR) is 86.0 cm³/mol. The summed E-state index contributed by atoms with van der Waals surface area (Å²) in [5.41, 5.74) is 7.49. The highest BCUT2D eigenvalue weighted by atomic mass is 32.1. The summed E-state index contributed by atoms with van der Waals surface area (Å²) in [6.07, 6.45) is 1.85. The Kier molecular flexibility index (Phi) is 5.12. The summed E-state index contributed by atoms with van der Waals surface area (Å²) in [5, 5.41) is 0. The van der Waals surface area contributed by atoms with Gasteiger partial charge < -0.3 is 15.5 Å². The first-order valence-corrected chi connectivity index (χ1v) is 7.44. The van der Waals surface area contributed by atoms with Gasteiger partial charge in [-0.25, -0.2) is 4.39 Å². The maximum Gasteiger partial charge on any atom is 0.224 e. The molecule has 1 aliphatic rings. The third kappa shape index (κ3) is 4.14. The van der Waals surface area contributed by atoms with Crippen molar-refractivity contribution in [3.05, 3.63) is 29.6 Å². The molecule has 0 spiro atoms. The number of hydrogen-bond donors (Lipinski definition) is 1. The minimum absolute atomic E-state index is 0.0519. The minimum Gasteiger partial charge on any atom is -0.393 e. The van der Waals surface area contributed by atoms with Gasteiger partial charge in [-0.2, -0.15) is 0 Å². The summed E-state index contributed by atoms with van der Waals surface area (Å²) in [6, 6.07) is 4.85. The number of anilines is 1. The topological polar surface area (TPSA) is 49.6 Å². The number of nitrogens with zero attached hydrogens (tertiary/aromatic N) is 2. The molecule has 21 heavy (non-hydrogen) atoms. The fraction of sp³-hybridized carbons (Fsp3) is 0.467. The van der Waals surface area contributed by atoms with E-state index in [0.29, 0.717) is 30.9 Å². The number of fused-ring (bicyclic) bond motifs is 1. The molecule has 1 amide bonds. The lowest BCUT2D eigenvalue weighted by Gasteiger charge is -2.22. The van der Waals surface area contributed by atoms with E-state index in [-0.39, 0.29) is 11.7 Å². The zero-order valence-corrected chi connectivity index (χ0v) is 13.0. The molecular weight excluding hydrogens is 289 g/mol. The van der Waals surface area contributed by atoms with Crippen LogP contribution in [0.25, 0.3) is 0 Å². The van der Waals surface area contributed by atoms with E-state index in [0.717, 1.165) is 24.2 Å². The van der Waals surface area contributed by atoms with Crippen molar-refractivity contribution in [2.45, 2.75) is 19.3 Å². The lowest BCUT2D eigenvalue weighted by atomic mass is 10.2. The van der Waals surface area contributed by atoms with Crippen LogP contribution in [0.4, 0.5) is 10.1 Å². The molecule has 1 heterocycles. The number of carbonyl (C=O) groups is 1. The number of thiocarbonyl (C=S) groups is 1. The van der Waals surface area contributed by atoms with Crippen LogP contribution in [0.5, 0.6) is 0 Å². The second-order valence-electron chi connectivity index (χ2n) is 5.29. The van der Waals surface area contributed by atoms with Crippen LogP contribution in [0.15, 0.2) is 18.2 Å². The Morgan fingerprint density at radius 3 is 2.95 bits per heavy atom. The van der Waals surface area contributed by atoms with Gasteiger partial charge >= 0.3 is 0 Å². The van der Waals surface area contributed by atoms with Crippen LogP contribution in [0.3, 0.4) is 0 Å². The van der Waals surface area contributed by atoms with Gasteiger partial charge in [0.05, 0.1) is 4.99 Å². The summed E-state index contributed by atoms with van der Waals surface area (Å²) >= 11 is 4.80. The molecule has 0 atom stereocenters. The van der Waals surface area contributed by atoms with Gasteiger partial charge in [0, 0.05) is 45.2 Å². The van der Waals surface area contributed by atoms with E-state index in [1.54, 1.807) is 18.0 Å². The highest BCUT2D eigenvalue weighted by Gasteiger charge is 2.20. The van der Waals surface area contributed by atoms with Crippen molar-refractivity contribution in [3.8, 4) is 0 Å². The van der Waals surface area contributed by atoms with Gasteiger partial charge in [0.25, 0.3) is 0 Å². The number of rotatable bonds is 6. The molecule has 0 aliphatic carbocycles. The molecule has 2 rings (SSSR count). The van der Waals surface area contributed by atoms with Crippen molar-refractivity contribution in [3.63, 3.8) is 0 Å². The van der Waals surface area contributed by atoms with Gasteiger partial charge in [0.1, 0.15) is 5.82 Å². The maximum atomic E-state index is 13.3. The quantitative estimate of drug-likeness (QED) is 0.813. The average molecular weight is 309 g/mol. The molecule has 0 unspecified atom stereocenters. The number of carbonyl (C=O) groups excluding carboxylic acids is 1. The number of benzene rings is 1. The van der Waals surface area contributed by atoms with Crippen LogP contribution in [0.1, 0.15) is 18.4 Å². The largest absolute Gasteiger partial charge is 0.393 e. The van der Waals surface area contributed by atoms with Crippen molar-refractivity contribution >= 4 is 28.8 Å². The van der Waals surface area contributed by atoms with E-state index in [4.69, 9.17) is 18.0 Å². The van der Waals surface area contributed by atoms with Gasteiger partial charge in [-0.15, -0.1) is 0 Å². The fourth-order valence-corrected chi connectivity index (χ4v) is 2.57. The van der Waals surface area contributed by atoms with E-state index >= 15 is 0 Å². The Balaban J connectivity index is 1.86. The van der Waals surface area contributed by atoms with E-state index in [1.165, 1.54) is 6.07 Å². The molecule has 0 fully saturated rings. The van der Waals surface area contributed by atoms with Gasteiger partial charge in [0.2, 0.25) is 5.91 Å². The highest BCUT2D eigenvalue weighted by Crippen LogP contribution is 2.28. The van der Waals surface area contributed by atoms with Crippen molar-refractivity contribution in [2.24, 2.45) is 5.73 Å². The van der Waals surface area contributed by atoms with Gasteiger partial charge in [-0.05, 0) is 24.1 Å². The summed E-state index contributed by atoms with van der Waals surface area (Å²) in [6.45, 7) is 1.98. The molecule has 6 heteroatoms. The lowest BCUT2D eigenvalue weighted by molar-refractivity contribution is -0.129. The monoisotopic (exact) mass is 309 g/mol. The van der Waals surface area contributed by atoms with Gasteiger partial charge in [-0.1, -0.05) is 18.3 Å². The third-order valence-electron chi connectivity index (χ3n) is 3.75. The third-order valence-corrected chi connectivity index (χ3v) is 3.96. The second-order valence-corrected chi connectivity index (χ2v) is 5.82. The van der Waals surface area contributed by atoms with Gasteiger partial charge in [0.15, 0.2) is 0 Å². The number of nitrogens with two attached hydrogens (primary N) is 1. The maximum absolute atomic E-state index is 13.3. The first-order valence-electron chi connectivity index (χ1n) is 7.03. The fourth-order valence-electron chi connectivity index (χ4n) is 2.47. The molecule has 1 aromatic rings. The van der Waals surface area contributed by atoms with Gasteiger partial charge in [-0.3, -0.25) is 4.79 Å². The Labute approximate surface area is 129 Å². The van der Waals surface area contributed by atoms with Crippen molar-refractivity contribution in [1.82, 2.24) is 4.90 Å². The molecule has 4 nitrogen and oxygen atoms in total. The van der Waals surface area contributed by atoms with Crippen LogP contribution in [-0.4, -0.2) is 42.5 Å². The van der Waals surface area contributed by atoms with E-state index in [1.807, 2.05) is 6.07 Å². The van der Waals surface area contributed by atoms with Crippen molar-refractivity contribution in [2.75, 3.05) is 31.6 Å². The lowest BCUT2D eigenvalue weighted by Crippen LogP contribution is -2.33. The summed E-state index contributed by atoms with van der Waals surface area (Å²) in [4.78, 5) is 16.2. The van der Waals surface area contributed by atoms with Crippen LogP contribution in [-0.2, 0) is 11.2 Å². The number of hydrogen-bond acceptors (Lipinski definition) is 3. The molecule has 0 aromatic heterocycles. The zero-order chi connectivity index (χ0) is 15.4. The minimum atomic E-state index is -0.236. The normalized spacial score (nSPS) is 13.1. The Morgan fingerprint density at radius 1 is 1.48 bits per heavy atom. The van der Waals surface area contributed by atoms with Crippen LogP contribution < -0.4 is 10.6 Å². The SMILES string of the molecule is CN(CCC(N)=S)C(=O)CCN1CCc2ccc(F)cc21. The standard InChI is InChI=1S/C15H20FN3OS/c1-18(7-5-14(17)21)15(20)6-9-19-8-4-11-2-3-12(16)10-13(11)19/h2-3,10H,4-9H2,1H3,(H2,17,21). The zero-order valence-electron chi connectivity index (χ0n) is 12.1. The first kappa shape index (κ1) is 15.7. The van der Waals surface area contributed by atoms with Crippen molar-refractivity contribution in [1.29, 1.82) is 0 Å². The average Bonchev–Trinajstić information content (AvgIpc) is 2.84. The van der Waals surface area contributed by atoms with Crippen LogP contribution in [0, 0.1) is 5.82 Å². The molecule has 0 bridgehead atoms. The van der Waals surface area contributed by atoms with Crippen LogP contribution in [0.2, 0.25) is 0 Å². The van der Waals surface area contributed by atoms with E-state index in [9.17, 15) is 9.18 Å². The Hall–Kier alpha value is -1.69. The second kappa shape index (κ2) is 6.85. The molecule has 1 aliphatic heterocycles. The summed E-state index contributed by atoms with van der Waals surface area (Å²) < 4.78 is 13.3. The van der Waals surface area contributed by atoms with E-state index < -0.39 is 0 Å². The number of halogens is 1. The predicted octanol–water partition coefficient (Wildman–Crippen LogP) is 1.71. The summed E-state index contributed by atoms with van der Waals surface area (Å²) in [5.74, 6) is -0.184. The molecule has 114 valence electrons. The summed E-state index contributed by atoms with van der Waals surface area (Å²) in [7, 11) is 1.75. The smallest absolute Gasteiger partial charge is 0.224 e. The highest BCUT2D eigenvalue weighted by molar-refractivity contribution is 7.80. The Bertz CT molecular complexity index is 550. The van der Waals surface area contributed by atoms with Crippen molar-refractivity contribution < 1.29 is 9.18 Å². The van der Waals surface area contributed by atoms with E-state index in [2.05, 4.69) is 4.90 Å². The Morgan fingerprint density at radius 2 is 2.24 bits per heavy atom. The molecule has 0 saturated carbocycles. The first-order chi connectivity index (χ1) is 9.97. The molecular formula is C15H20FN3OS. The molecule has 1 aromatic carbocycles.